The molecule has 0 spiro atoms. The largest absolute Gasteiger partial charge is 0.508 e. The summed E-state index contributed by atoms with van der Waals surface area (Å²) in [4.78, 5) is 4.72. The van der Waals surface area contributed by atoms with Gasteiger partial charge in [-0.15, -0.1) is 0 Å². The van der Waals surface area contributed by atoms with Gasteiger partial charge in [0.1, 0.15) is 5.75 Å². The molecule has 0 fully saturated rings. The van der Waals surface area contributed by atoms with Crippen LogP contribution in [0.25, 0.3) is 11.0 Å². The Morgan fingerprint density at radius 3 is 2.83 bits per heavy atom. The van der Waals surface area contributed by atoms with Gasteiger partial charge < -0.3 is 15.0 Å². The smallest absolute Gasteiger partial charge is 0.204 e. The number of nitrogens with zero attached hydrogens (tertiary/aromatic N) is 2. The molecule has 0 atom stereocenters. The van der Waals surface area contributed by atoms with Crippen LogP contribution in [0.4, 0.5) is 5.95 Å². The van der Waals surface area contributed by atoms with Crippen LogP contribution in [-0.4, -0.2) is 14.7 Å². The van der Waals surface area contributed by atoms with Crippen molar-refractivity contribution in [3.05, 3.63) is 52.5 Å². The molecule has 0 aliphatic heterocycles. The van der Waals surface area contributed by atoms with Crippen LogP contribution < -0.4 is 5.32 Å². The van der Waals surface area contributed by atoms with Crippen molar-refractivity contribution < 1.29 is 5.11 Å². The SMILES string of the molecule is CCCCCn1c(NCc2cc(Br)ccc2O)nc2ccccc21. The van der Waals surface area contributed by atoms with Crippen molar-refractivity contribution in [3.63, 3.8) is 0 Å². The second kappa shape index (κ2) is 7.71. The summed E-state index contributed by atoms with van der Waals surface area (Å²) >= 11 is 3.45. The Morgan fingerprint density at radius 1 is 1.17 bits per heavy atom. The molecule has 0 aliphatic rings. The monoisotopic (exact) mass is 387 g/mol. The fourth-order valence-electron chi connectivity index (χ4n) is 2.83. The number of aromatic nitrogens is 2. The standard InChI is InChI=1S/C19H22BrN3O/c1-2-3-6-11-23-17-8-5-4-7-16(17)22-19(23)21-13-14-12-15(20)9-10-18(14)24/h4-5,7-10,12,24H,2-3,6,11,13H2,1H3,(H,21,22). The third-order valence-corrected chi connectivity index (χ3v) is 4.61. The van der Waals surface area contributed by atoms with Crippen molar-refractivity contribution in [1.82, 2.24) is 9.55 Å². The van der Waals surface area contributed by atoms with E-state index in [9.17, 15) is 5.11 Å². The number of halogens is 1. The van der Waals surface area contributed by atoms with Crippen LogP contribution in [0, 0.1) is 0 Å². The van der Waals surface area contributed by atoms with Crippen LogP contribution in [0.1, 0.15) is 31.7 Å². The Bertz CT molecular complexity index is 829. The Hall–Kier alpha value is -2.01. The summed E-state index contributed by atoms with van der Waals surface area (Å²) in [5, 5.41) is 13.4. The lowest BCUT2D eigenvalue weighted by atomic mass is 10.2. The van der Waals surface area contributed by atoms with Gasteiger partial charge in [0.15, 0.2) is 0 Å². The molecule has 3 rings (SSSR count). The summed E-state index contributed by atoms with van der Waals surface area (Å²) in [5.41, 5.74) is 2.99. The van der Waals surface area contributed by atoms with Gasteiger partial charge in [-0.1, -0.05) is 47.8 Å². The number of aryl methyl sites for hydroxylation is 1. The summed E-state index contributed by atoms with van der Waals surface area (Å²) in [6.45, 7) is 3.69. The molecule has 2 aromatic carbocycles. The normalized spacial score (nSPS) is 11.1. The minimum Gasteiger partial charge on any atom is -0.508 e. The van der Waals surface area contributed by atoms with Crippen molar-refractivity contribution in [2.24, 2.45) is 0 Å². The number of rotatable bonds is 7. The van der Waals surface area contributed by atoms with Gasteiger partial charge >= 0.3 is 0 Å². The highest BCUT2D eigenvalue weighted by atomic mass is 79.9. The first kappa shape index (κ1) is 16.8. The molecular formula is C19H22BrN3O. The maximum atomic E-state index is 10.0. The molecule has 0 amide bonds. The number of nitrogens with one attached hydrogen (secondary N) is 1. The zero-order valence-corrected chi connectivity index (χ0v) is 15.4. The summed E-state index contributed by atoms with van der Waals surface area (Å²) < 4.78 is 3.19. The number of hydrogen-bond acceptors (Lipinski definition) is 3. The van der Waals surface area contributed by atoms with Gasteiger partial charge in [0.25, 0.3) is 0 Å². The molecule has 3 aromatic rings. The maximum absolute atomic E-state index is 10.0. The fourth-order valence-corrected chi connectivity index (χ4v) is 3.24. The lowest BCUT2D eigenvalue weighted by Gasteiger charge is -2.11. The Balaban J connectivity index is 1.85. The van der Waals surface area contributed by atoms with Gasteiger partial charge in [-0.25, -0.2) is 4.98 Å². The first-order valence-electron chi connectivity index (χ1n) is 8.35. The molecule has 1 aromatic heterocycles. The van der Waals surface area contributed by atoms with Crippen LogP contribution in [-0.2, 0) is 13.1 Å². The third-order valence-electron chi connectivity index (χ3n) is 4.12. The highest BCUT2D eigenvalue weighted by Gasteiger charge is 2.11. The van der Waals surface area contributed by atoms with Gasteiger partial charge in [-0.2, -0.15) is 0 Å². The number of phenols is 1. The van der Waals surface area contributed by atoms with E-state index in [1.807, 2.05) is 30.3 Å². The average molecular weight is 388 g/mol. The van der Waals surface area contributed by atoms with Crippen LogP contribution in [0.3, 0.4) is 0 Å². The Labute approximate surface area is 150 Å². The number of imidazole rings is 1. The number of hydrogen-bond donors (Lipinski definition) is 2. The maximum Gasteiger partial charge on any atom is 0.204 e. The number of aromatic hydroxyl groups is 1. The van der Waals surface area contributed by atoms with E-state index < -0.39 is 0 Å². The second-order valence-corrected chi connectivity index (χ2v) is 6.83. The highest BCUT2D eigenvalue weighted by molar-refractivity contribution is 9.10. The fraction of sp³-hybridized carbons (Fsp3) is 0.316. The molecule has 24 heavy (non-hydrogen) atoms. The Morgan fingerprint density at radius 2 is 2.00 bits per heavy atom. The van der Waals surface area contributed by atoms with Gasteiger partial charge in [0, 0.05) is 23.1 Å². The number of anilines is 1. The van der Waals surface area contributed by atoms with Crippen LogP contribution in [0.15, 0.2) is 46.9 Å². The summed E-state index contributed by atoms with van der Waals surface area (Å²) in [6, 6.07) is 13.7. The van der Waals surface area contributed by atoms with Crippen LogP contribution in [0.2, 0.25) is 0 Å². The number of para-hydroxylation sites is 2. The molecule has 5 heteroatoms. The predicted molar refractivity (Wildman–Crippen MR) is 102 cm³/mol. The van der Waals surface area contributed by atoms with Crippen LogP contribution in [0.5, 0.6) is 5.75 Å². The van der Waals surface area contributed by atoms with Crippen molar-refractivity contribution >= 4 is 32.9 Å². The number of fused-ring (bicyclic) bond motifs is 1. The number of phenolic OH excluding ortho intramolecular Hbond substituents is 1. The van der Waals surface area contributed by atoms with Crippen molar-refractivity contribution in [2.75, 3.05) is 5.32 Å². The molecule has 0 radical (unpaired) electrons. The van der Waals surface area contributed by atoms with Crippen molar-refractivity contribution in [1.29, 1.82) is 0 Å². The summed E-state index contributed by atoms with van der Waals surface area (Å²) in [6.07, 6.45) is 3.54. The summed E-state index contributed by atoms with van der Waals surface area (Å²) in [5.74, 6) is 1.14. The average Bonchev–Trinajstić information content (AvgIpc) is 2.94. The van der Waals surface area contributed by atoms with Crippen LogP contribution >= 0.6 is 15.9 Å². The molecule has 0 saturated heterocycles. The quantitative estimate of drug-likeness (QED) is 0.540. The predicted octanol–water partition coefficient (Wildman–Crippen LogP) is 5.31. The van der Waals surface area contributed by atoms with E-state index in [2.05, 4.69) is 38.8 Å². The molecule has 0 aliphatic carbocycles. The second-order valence-electron chi connectivity index (χ2n) is 5.91. The molecule has 0 bridgehead atoms. The van der Waals surface area contributed by atoms with E-state index >= 15 is 0 Å². The van der Waals surface area contributed by atoms with E-state index in [-0.39, 0.29) is 0 Å². The molecule has 1 heterocycles. The van der Waals surface area contributed by atoms with E-state index in [0.29, 0.717) is 12.3 Å². The first-order valence-corrected chi connectivity index (χ1v) is 9.15. The minimum atomic E-state index is 0.291. The number of benzene rings is 2. The van der Waals surface area contributed by atoms with E-state index in [1.54, 1.807) is 6.07 Å². The zero-order chi connectivity index (χ0) is 16.9. The molecular weight excluding hydrogens is 366 g/mol. The third kappa shape index (κ3) is 3.73. The van der Waals surface area contributed by atoms with Gasteiger partial charge in [-0.05, 0) is 36.8 Å². The van der Waals surface area contributed by atoms with E-state index in [1.165, 1.54) is 12.8 Å². The molecule has 126 valence electrons. The molecule has 0 saturated carbocycles. The highest BCUT2D eigenvalue weighted by Crippen LogP contribution is 2.25. The topological polar surface area (TPSA) is 50.1 Å². The van der Waals surface area contributed by atoms with Crippen molar-refractivity contribution in [2.45, 2.75) is 39.3 Å². The van der Waals surface area contributed by atoms with E-state index in [0.717, 1.165) is 40.0 Å². The molecule has 0 unspecified atom stereocenters. The zero-order valence-electron chi connectivity index (χ0n) is 13.8. The number of unbranched alkanes of at least 4 members (excludes halogenated alkanes) is 2. The van der Waals surface area contributed by atoms with Gasteiger partial charge in [0.2, 0.25) is 5.95 Å². The lowest BCUT2D eigenvalue weighted by Crippen LogP contribution is -2.08. The molecule has 4 nitrogen and oxygen atoms in total. The van der Waals surface area contributed by atoms with E-state index in [4.69, 9.17) is 4.98 Å². The van der Waals surface area contributed by atoms with Gasteiger partial charge in [-0.3, -0.25) is 0 Å². The lowest BCUT2D eigenvalue weighted by molar-refractivity contribution is 0.469. The summed E-state index contributed by atoms with van der Waals surface area (Å²) in [7, 11) is 0. The van der Waals surface area contributed by atoms with Crippen molar-refractivity contribution in [3.8, 4) is 5.75 Å². The molecule has 2 N–H and O–H groups in total. The Kier molecular flexibility index (Phi) is 5.41. The first-order chi connectivity index (χ1) is 11.7. The van der Waals surface area contributed by atoms with Gasteiger partial charge in [0.05, 0.1) is 11.0 Å². The minimum absolute atomic E-state index is 0.291.